The van der Waals surface area contributed by atoms with Gasteiger partial charge in [0.15, 0.2) is 0 Å². The fraction of sp³-hybridized carbons (Fsp3) is 0.636. The molecule has 1 nitrogen and oxygen atoms in total. The highest BCUT2D eigenvalue weighted by atomic mass is 32.1. The van der Waals surface area contributed by atoms with E-state index in [1.807, 2.05) is 0 Å². The minimum Gasteiger partial charge on any atom is -0.314 e. The molecule has 1 saturated heterocycles. The highest BCUT2D eigenvalue weighted by Crippen LogP contribution is 2.36. The molecule has 1 N–H and O–H groups in total. The van der Waals surface area contributed by atoms with Crippen LogP contribution in [-0.4, -0.2) is 12.6 Å². The zero-order chi connectivity index (χ0) is 10.7. The molecule has 1 aromatic heterocycles. The Morgan fingerprint density at radius 1 is 1.47 bits per heavy atom. The lowest BCUT2D eigenvalue weighted by atomic mass is 9.98. The van der Waals surface area contributed by atoms with E-state index in [2.05, 4.69) is 5.32 Å². The molecule has 1 unspecified atom stereocenters. The molecule has 0 amide bonds. The highest BCUT2D eigenvalue weighted by molar-refractivity contribution is 7.10. The normalized spacial score (nSPS) is 22.9. The Morgan fingerprint density at radius 3 is 2.93 bits per heavy atom. The van der Waals surface area contributed by atoms with E-state index in [0.717, 1.165) is 37.1 Å². The molecule has 0 saturated carbocycles. The Balaban J connectivity index is 1.97. The minimum atomic E-state index is -2.66. The molecule has 4 heteroatoms. The lowest BCUT2D eigenvalue weighted by Gasteiger charge is -2.27. The van der Waals surface area contributed by atoms with Gasteiger partial charge in [0.25, 0.3) is 5.92 Å². The monoisotopic (exact) mass is 231 g/mol. The van der Waals surface area contributed by atoms with Crippen molar-refractivity contribution >= 4 is 11.3 Å². The Kier molecular flexibility index (Phi) is 3.36. The summed E-state index contributed by atoms with van der Waals surface area (Å²) in [5.74, 6) is -2.66. The van der Waals surface area contributed by atoms with Gasteiger partial charge < -0.3 is 5.32 Å². The van der Waals surface area contributed by atoms with Crippen LogP contribution in [-0.2, 0) is 5.92 Å². The molecule has 0 aromatic carbocycles. The summed E-state index contributed by atoms with van der Waals surface area (Å²) in [6, 6.07) is 3.19. The molecule has 1 fully saturated rings. The van der Waals surface area contributed by atoms with Crippen molar-refractivity contribution in [3.8, 4) is 0 Å². The van der Waals surface area contributed by atoms with Crippen molar-refractivity contribution < 1.29 is 8.78 Å². The smallest absolute Gasteiger partial charge is 0.283 e. The van der Waals surface area contributed by atoms with Gasteiger partial charge in [-0.15, -0.1) is 11.3 Å². The number of halogens is 2. The highest BCUT2D eigenvalue weighted by Gasteiger charge is 2.35. The van der Waals surface area contributed by atoms with Crippen LogP contribution in [0.3, 0.4) is 0 Å². The van der Waals surface area contributed by atoms with Crippen molar-refractivity contribution in [2.45, 2.75) is 37.6 Å². The number of nitrogens with one attached hydrogen (secondary N) is 1. The van der Waals surface area contributed by atoms with Gasteiger partial charge in [-0.3, -0.25) is 0 Å². The Hall–Kier alpha value is -0.480. The van der Waals surface area contributed by atoms with Crippen LogP contribution in [0.5, 0.6) is 0 Å². The van der Waals surface area contributed by atoms with Crippen LogP contribution in [0.25, 0.3) is 0 Å². The first-order valence-corrected chi connectivity index (χ1v) is 6.22. The van der Waals surface area contributed by atoms with Gasteiger partial charge in [-0.25, -0.2) is 8.78 Å². The van der Waals surface area contributed by atoms with Gasteiger partial charge in [-0.2, -0.15) is 0 Å². The maximum absolute atomic E-state index is 13.7. The van der Waals surface area contributed by atoms with Crippen LogP contribution in [0.15, 0.2) is 17.5 Å². The number of thiophene rings is 1. The molecule has 1 atom stereocenters. The number of piperidine rings is 1. The van der Waals surface area contributed by atoms with Gasteiger partial charge in [0, 0.05) is 12.5 Å². The second-order valence-corrected chi connectivity index (χ2v) is 4.98. The molecule has 15 heavy (non-hydrogen) atoms. The van der Waals surface area contributed by atoms with Gasteiger partial charge in [-0.05, 0) is 30.8 Å². The predicted octanol–water partition coefficient (Wildman–Crippen LogP) is 3.37. The SMILES string of the molecule is FC(F)(CC1CCCCN1)c1cccs1. The van der Waals surface area contributed by atoms with Crippen molar-refractivity contribution in [2.24, 2.45) is 0 Å². The summed E-state index contributed by atoms with van der Waals surface area (Å²) in [4.78, 5) is 0.190. The topological polar surface area (TPSA) is 12.0 Å². The largest absolute Gasteiger partial charge is 0.314 e. The number of hydrogen-bond acceptors (Lipinski definition) is 2. The first-order chi connectivity index (χ1) is 7.18. The van der Waals surface area contributed by atoms with Gasteiger partial charge in [0.05, 0.1) is 4.88 Å². The quantitative estimate of drug-likeness (QED) is 0.841. The zero-order valence-corrected chi connectivity index (χ0v) is 9.33. The molecule has 0 aliphatic carbocycles. The lowest BCUT2D eigenvalue weighted by Crippen LogP contribution is -2.37. The third-order valence-corrected chi connectivity index (χ3v) is 3.78. The second-order valence-electron chi connectivity index (χ2n) is 4.03. The molecule has 0 spiro atoms. The summed E-state index contributed by atoms with van der Waals surface area (Å²) in [5.41, 5.74) is 0. The van der Waals surface area contributed by atoms with Crippen molar-refractivity contribution in [3.05, 3.63) is 22.4 Å². The van der Waals surface area contributed by atoms with Crippen LogP contribution < -0.4 is 5.32 Å². The van der Waals surface area contributed by atoms with Crippen LogP contribution >= 0.6 is 11.3 Å². The van der Waals surface area contributed by atoms with E-state index in [9.17, 15) is 8.78 Å². The fourth-order valence-electron chi connectivity index (χ4n) is 1.99. The van der Waals surface area contributed by atoms with Gasteiger partial charge in [-0.1, -0.05) is 12.5 Å². The summed E-state index contributed by atoms with van der Waals surface area (Å²) < 4.78 is 27.5. The third-order valence-electron chi connectivity index (χ3n) is 2.80. The Morgan fingerprint density at radius 2 is 2.33 bits per heavy atom. The molecule has 0 bridgehead atoms. The van der Waals surface area contributed by atoms with Crippen LogP contribution in [0.2, 0.25) is 0 Å². The fourth-order valence-corrected chi connectivity index (χ4v) is 2.71. The first-order valence-electron chi connectivity index (χ1n) is 5.34. The number of rotatable bonds is 3. The summed E-state index contributed by atoms with van der Waals surface area (Å²) in [7, 11) is 0. The first kappa shape index (κ1) is 11.0. The molecular weight excluding hydrogens is 216 g/mol. The van der Waals surface area contributed by atoms with E-state index in [1.54, 1.807) is 11.4 Å². The van der Waals surface area contributed by atoms with E-state index in [4.69, 9.17) is 0 Å². The van der Waals surface area contributed by atoms with Crippen molar-refractivity contribution in [3.63, 3.8) is 0 Å². The van der Waals surface area contributed by atoms with E-state index in [0.29, 0.717) is 0 Å². The number of alkyl halides is 2. The third kappa shape index (κ3) is 2.75. The summed E-state index contributed by atoms with van der Waals surface area (Å²) >= 11 is 1.14. The van der Waals surface area contributed by atoms with Crippen LogP contribution in [0.1, 0.15) is 30.6 Å². The molecule has 1 aromatic rings. The molecular formula is C11H15F2NS. The molecule has 0 radical (unpaired) electrons. The van der Waals surface area contributed by atoms with E-state index in [1.165, 1.54) is 6.07 Å². The van der Waals surface area contributed by atoms with E-state index in [-0.39, 0.29) is 17.3 Å². The van der Waals surface area contributed by atoms with Crippen molar-refractivity contribution in [1.82, 2.24) is 5.32 Å². The maximum atomic E-state index is 13.7. The molecule has 84 valence electrons. The predicted molar refractivity (Wildman–Crippen MR) is 58.5 cm³/mol. The summed E-state index contributed by atoms with van der Waals surface area (Å²) in [6.45, 7) is 0.880. The maximum Gasteiger partial charge on any atom is 0.283 e. The molecule has 2 rings (SSSR count). The van der Waals surface area contributed by atoms with E-state index >= 15 is 0 Å². The number of hydrogen-bond donors (Lipinski definition) is 1. The van der Waals surface area contributed by atoms with E-state index < -0.39 is 5.92 Å². The van der Waals surface area contributed by atoms with Crippen molar-refractivity contribution in [1.29, 1.82) is 0 Å². The minimum absolute atomic E-state index is 0.0177. The molecule has 2 heterocycles. The summed E-state index contributed by atoms with van der Waals surface area (Å²) in [5, 5.41) is 4.87. The van der Waals surface area contributed by atoms with Gasteiger partial charge >= 0.3 is 0 Å². The second kappa shape index (κ2) is 4.58. The van der Waals surface area contributed by atoms with Crippen LogP contribution in [0.4, 0.5) is 8.78 Å². The Bertz CT molecular complexity index is 292. The standard InChI is InChI=1S/C11H15F2NS/c12-11(13,10-5-3-7-15-10)8-9-4-1-2-6-14-9/h3,5,7,9,14H,1-2,4,6,8H2. The Labute approximate surface area is 92.5 Å². The summed E-state index contributed by atoms with van der Waals surface area (Å²) in [6.07, 6.45) is 2.99. The average Bonchev–Trinajstić information content (AvgIpc) is 2.71. The molecule has 1 aliphatic rings. The average molecular weight is 231 g/mol. The van der Waals surface area contributed by atoms with Crippen LogP contribution in [0, 0.1) is 0 Å². The molecule has 1 aliphatic heterocycles. The lowest BCUT2D eigenvalue weighted by molar-refractivity contribution is -0.0216. The zero-order valence-electron chi connectivity index (χ0n) is 8.51. The van der Waals surface area contributed by atoms with Gasteiger partial charge in [0.1, 0.15) is 0 Å². The van der Waals surface area contributed by atoms with Crippen molar-refractivity contribution in [2.75, 3.05) is 6.54 Å². The van der Waals surface area contributed by atoms with Gasteiger partial charge in [0.2, 0.25) is 0 Å².